The third kappa shape index (κ3) is 5.72. The molecular weight excluding hydrogens is 498 g/mol. The molecule has 202 valence electrons. The predicted molar refractivity (Wildman–Crippen MR) is 142 cm³/mol. The van der Waals surface area contributed by atoms with Gasteiger partial charge in [-0.15, -0.1) is 0 Å². The maximum absolute atomic E-state index is 13.0. The van der Waals surface area contributed by atoms with Crippen LogP contribution in [0, 0.1) is 17.2 Å². The first-order chi connectivity index (χ1) is 18.8. The third-order valence-corrected chi connectivity index (χ3v) is 7.31. The molecule has 2 aromatic carbocycles. The number of nitriles is 1. The first-order valence-corrected chi connectivity index (χ1v) is 13.3. The number of aliphatic carboxylic acids is 1. The maximum atomic E-state index is 13.0. The van der Waals surface area contributed by atoms with Gasteiger partial charge >= 0.3 is 12.0 Å². The van der Waals surface area contributed by atoms with E-state index in [1.54, 1.807) is 23.1 Å². The Morgan fingerprint density at radius 3 is 2.74 bits per heavy atom. The number of nitrogens with one attached hydrogen (secondary N) is 1. The van der Waals surface area contributed by atoms with Crippen molar-refractivity contribution >= 4 is 12.0 Å². The van der Waals surface area contributed by atoms with Gasteiger partial charge in [0.25, 0.3) is 5.89 Å². The summed E-state index contributed by atoms with van der Waals surface area (Å²) < 4.78 is 11.3. The van der Waals surface area contributed by atoms with Crippen molar-refractivity contribution in [3.8, 4) is 34.7 Å². The topological polar surface area (TPSA) is 142 Å². The summed E-state index contributed by atoms with van der Waals surface area (Å²) in [4.78, 5) is 30.3. The van der Waals surface area contributed by atoms with Crippen molar-refractivity contribution in [2.45, 2.75) is 58.1 Å². The zero-order valence-corrected chi connectivity index (χ0v) is 22.0. The summed E-state index contributed by atoms with van der Waals surface area (Å²) in [6.07, 6.45) is 3.04. The van der Waals surface area contributed by atoms with E-state index < -0.39 is 5.97 Å². The molecule has 1 aliphatic heterocycles. The first kappa shape index (κ1) is 26.2. The van der Waals surface area contributed by atoms with Crippen molar-refractivity contribution in [1.29, 1.82) is 5.26 Å². The molecule has 3 aromatic rings. The third-order valence-electron chi connectivity index (χ3n) is 7.31. The Morgan fingerprint density at radius 2 is 2.03 bits per heavy atom. The monoisotopic (exact) mass is 529 g/mol. The SMILES string of the molecule is CC(C)Oc1ccc(-c2nc(-c3cccc4c3CC[C@@H]4NC(=O)N3CCC(CC(=O)O)CC3)no2)cc1C#N. The molecule has 39 heavy (non-hydrogen) atoms. The maximum Gasteiger partial charge on any atom is 0.317 e. The van der Waals surface area contributed by atoms with Gasteiger partial charge in [-0.2, -0.15) is 10.2 Å². The predicted octanol–water partition coefficient (Wildman–Crippen LogP) is 4.95. The van der Waals surface area contributed by atoms with Gasteiger partial charge in [0.1, 0.15) is 11.8 Å². The number of carbonyl (C=O) groups is 2. The molecule has 1 atom stereocenters. The molecule has 0 spiro atoms. The number of hydrogen-bond acceptors (Lipinski definition) is 7. The van der Waals surface area contributed by atoms with E-state index in [1.807, 2.05) is 32.0 Å². The van der Waals surface area contributed by atoms with Gasteiger partial charge in [0.2, 0.25) is 5.82 Å². The van der Waals surface area contributed by atoms with Gasteiger partial charge in [0.05, 0.1) is 17.7 Å². The number of amides is 2. The average molecular weight is 530 g/mol. The number of likely N-dealkylation sites (tertiary alicyclic amines) is 1. The summed E-state index contributed by atoms with van der Waals surface area (Å²) in [7, 11) is 0. The zero-order valence-electron chi connectivity index (χ0n) is 22.0. The Morgan fingerprint density at radius 1 is 1.23 bits per heavy atom. The highest BCUT2D eigenvalue weighted by Crippen LogP contribution is 2.38. The van der Waals surface area contributed by atoms with E-state index in [0.29, 0.717) is 54.5 Å². The van der Waals surface area contributed by atoms with Gasteiger partial charge in [0, 0.05) is 30.6 Å². The summed E-state index contributed by atoms with van der Waals surface area (Å²) in [5.74, 6) is 0.610. The van der Waals surface area contributed by atoms with Gasteiger partial charge < -0.3 is 24.6 Å². The molecule has 1 fully saturated rings. The number of aromatic nitrogens is 2. The smallest absolute Gasteiger partial charge is 0.317 e. The lowest BCUT2D eigenvalue weighted by Crippen LogP contribution is -2.45. The van der Waals surface area contributed by atoms with Crippen LogP contribution in [0.3, 0.4) is 0 Å². The van der Waals surface area contributed by atoms with E-state index in [4.69, 9.17) is 14.4 Å². The van der Waals surface area contributed by atoms with Gasteiger partial charge in [-0.25, -0.2) is 4.79 Å². The molecule has 10 heteroatoms. The Kier molecular flexibility index (Phi) is 7.50. The highest BCUT2D eigenvalue weighted by Gasteiger charge is 2.30. The number of rotatable bonds is 7. The summed E-state index contributed by atoms with van der Waals surface area (Å²) >= 11 is 0. The normalized spacial score (nSPS) is 17.1. The van der Waals surface area contributed by atoms with Gasteiger partial charge in [-0.05, 0) is 74.8 Å². The molecule has 0 saturated carbocycles. The van der Waals surface area contributed by atoms with Crippen LogP contribution in [-0.2, 0) is 11.2 Å². The second-order valence-electron chi connectivity index (χ2n) is 10.4. The van der Waals surface area contributed by atoms with Crippen molar-refractivity contribution in [2.75, 3.05) is 13.1 Å². The standard InChI is InChI=1S/C29H31N5O5/c1-17(2)38-25-9-6-19(15-20(25)16-30)28-32-27(33-39-28)23-5-3-4-22-21(23)7-8-24(22)31-29(37)34-12-10-18(11-13-34)14-26(35)36/h3-6,9,15,17-18,24H,7-8,10-14H2,1-2H3,(H,31,37)(H,35,36)/t24-/m0/s1. The molecule has 10 nitrogen and oxygen atoms in total. The van der Waals surface area contributed by atoms with E-state index in [9.17, 15) is 14.9 Å². The lowest BCUT2D eigenvalue weighted by Gasteiger charge is -2.32. The summed E-state index contributed by atoms with van der Waals surface area (Å²) in [5.41, 5.74) is 4.00. The average Bonchev–Trinajstić information content (AvgIpc) is 3.56. The minimum Gasteiger partial charge on any atom is -0.490 e. The molecule has 5 rings (SSSR count). The largest absolute Gasteiger partial charge is 0.490 e. The van der Waals surface area contributed by atoms with Crippen LogP contribution in [0.15, 0.2) is 40.9 Å². The van der Waals surface area contributed by atoms with Crippen LogP contribution in [0.5, 0.6) is 5.75 Å². The second kappa shape index (κ2) is 11.2. The molecule has 0 bridgehead atoms. The summed E-state index contributed by atoms with van der Waals surface area (Å²) in [6.45, 7) is 4.93. The fourth-order valence-electron chi connectivity index (χ4n) is 5.40. The second-order valence-corrected chi connectivity index (χ2v) is 10.4. The van der Waals surface area contributed by atoms with E-state index in [0.717, 1.165) is 29.5 Å². The number of urea groups is 1. The molecule has 2 N–H and O–H groups in total. The fraction of sp³-hybridized carbons (Fsp3) is 0.414. The first-order valence-electron chi connectivity index (χ1n) is 13.3. The van der Waals surface area contributed by atoms with Crippen molar-refractivity contribution in [2.24, 2.45) is 5.92 Å². The Balaban J connectivity index is 1.29. The molecule has 1 aliphatic carbocycles. The molecule has 1 aromatic heterocycles. The number of hydrogen-bond donors (Lipinski definition) is 2. The highest BCUT2D eigenvalue weighted by atomic mass is 16.5. The van der Waals surface area contributed by atoms with Crippen molar-refractivity contribution in [3.63, 3.8) is 0 Å². The van der Waals surface area contributed by atoms with Gasteiger partial charge in [0.15, 0.2) is 0 Å². The zero-order chi connectivity index (χ0) is 27.5. The Hall–Kier alpha value is -4.39. The van der Waals surface area contributed by atoms with E-state index in [1.165, 1.54) is 0 Å². The number of benzene rings is 2. The van der Waals surface area contributed by atoms with Crippen LogP contribution in [0.1, 0.15) is 62.3 Å². The number of carboxylic acid groups (broad SMARTS) is 1. The number of carbonyl (C=O) groups excluding carboxylic acids is 1. The fourth-order valence-corrected chi connectivity index (χ4v) is 5.40. The van der Waals surface area contributed by atoms with Crippen molar-refractivity contribution in [3.05, 3.63) is 53.1 Å². The van der Waals surface area contributed by atoms with Crippen LogP contribution >= 0.6 is 0 Å². The Bertz CT molecular complexity index is 1420. The number of ether oxygens (including phenoxy) is 1. The number of nitrogens with zero attached hydrogens (tertiary/aromatic N) is 4. The van der Waals surface area contributed by atoms with E-state index >= 15 is 0 Å². The minimum absolute atomic E-state index is 0.0530. The number of fused-ring (bicyclic) bond motifs is 1. The van der Waals surface area contributed by atoms with Crippen LogP contribution in [0.2, 0.25) is 0 Å². The number of carboxylic acids is 1. The Labute approximate surface area is 226 Å². The van der Waals surface area contributed by atoms with E-state index in [-0.39, 0.29) is 30.5 Å². The molecule has 1 saturated heterocycles. The number of piperidine rings is 1. The molecule has 0 unspecified atom stereocenters. The minimum atomic E-state index is -0.786. The van der Waals surface area contributed by atoms with Crippen LogP contribution < -0.4 is 10.1 Å². The summed E-state index contributed by atoms with van der Waals surface area (Å²) in [5, 5.41) is 26.0. The van der Waals surface area contributed by atoms with Crippen LogP contribution in [0.4, 0.5) is 4.79 Å². The highest BCUT2D eigenvalue weighted by molar-refractivity contribution is 5.76. The molecule has 2 amide bonds. The molecule has 0 radical (unpaired) electrons. The van der Waals surface area contributed by atoms with Gasteiger partial charge in [-0.3, -0.25) is 4.79 Å². The quantitative estimate of drug-likeness (QED) is 0.438. The van der Waals surface area contributed by atoms with Crippen molar-refractivity contribution in [1.82, 2.24) is 20.4 Å². The van der Waals surface area contributed by atoms with Crippen molar-refractivity contribution < 1.29 is 24.0 Å². The summed E-state index contributed by atoms with van der Waals surface area (Å²) in [6, 6.07) is 13.0. The lowest BCUT2D eigenvalue weighted by molar-refractivity contribution is -0.138. The molecular formula is C29H31N5O5. The lowest BCUT2D eigenvalue weighted by atomic mass is 9.94. The van der Waals surface area contributed by atoms with E-state index in [2.05, 4.69) is 21.5 Å². The molecule has 2 heterocycles. The van der Waals surface area contributed by atoms with Gasteiger partial charge in [-0.1, -0.05) is 23.4 Å². The van der Waals surface area contributed by atoms with Crippen LogP contribution in [-0.4, -0.2) is 51.3 Å². The van der Waals surface area contributed by atoms with Crippen LogP contribution in [0.25, 0.3) is 22.8 Å². The molecule has 2 aliphatic rings.